The van der Waals surface area contributed by atoms with Gasteiger partial charge in [-0.3, -0.25) is 0 Å². The van der Waals surface area contributed by atoms with Crippen molar-refractivity contribution in [3.63, 3.8) is 0 Å². The molecule has 2 N–H and O–H groups in total. The van der Waals surface area contributed by atoms with Crippen molar-refractivity contribution < 1.29 is 9.47 Å². The molecule has 0 unspecified atom stereocenters. The van der Waals surface area contributed by atoms with Crippen LogP contribution in [0.25, 0.3) is 11.3 Å². The molecule has 1 fully saturated rings. The van der Waals surface area contributed by atoms with Gasteiger partial charge in [0.1, 0.15) is 5.82 Å². The highest BCUT2D eigenvalue weighted by atomic mass is 16.5. The van der Waals surface area contributed by atoms with Crippen LogP contribution in [-0.4, -0.2) is 36.3 Å². The topological polar surface area (TPSA) is 59.2 Å². The molecule has 5 heteroatoms. The summed E-state index contributed by atoms with van der Waals surface area (Å²) < 4.78 is 11.3. The minimum atomic E-state index is 0.478. The number of hydrogen-bond acceptors (Lipinski definition) is 4. The monoisotopic (exact) mass is 315 g/mol. The minimum absolute atomic E-state index is 0.478. The Balaban J connectivity index is 1.83. The molecule has 1 saturated heterocycles. The maximum Gasteiger partial charge on any atom is 0.161 e. The molecule has 124 valence electrons. The Bertz CT molecular complexity index is 633. The minimum Gasteiger partial charge on any atom is -0.490 e. The Morgan fingerprint density at radius 2 is 2.00 bits per heavy atom. The van der Waals surface area contributed by atoms with Crippen LogP contribution >= 0.6 is 0 Å². The molecule has 2 heterocycles. The van der Waals surface area contributed by atoms with Gasteiger partial charge in [0.2, 0.25) is 0 Å². The van der Waals surface area contributed by atoms with Crippen molar-refractivity contribution in [1.29, 1.82) is 0 Å². The highest BCUT2D eigenvalue weighted by Gasteiger charge is 2.18. The van der Waals surface area contributed by atoms with Crippen molar-refractivity contribution in [2.24, 2.45) is 0 Å². The van der Waals surface area contributed by atoms with Gasteiger partial charge < -0.3 is 19.8 Å². The van der Waals surface area contributed by atoms with E-state index in [1.165, 1.54) is 12.8 Å². The first kappa shape index (κ1) is 15.9. The first-order valence-electron chi connectivity index (χ1n) is 8.47. The van der Waals surface area contributed by atoms with Gasteiger partial charge in [-0.1, -0.05) is 0 Å². The number of aromatic nitrogens is 2. The van der Waals surface area contributed by atoms with Gasteiger partial charge in [0.05, 0.1) is 25.1 Å². The Kier molecular flexibility index (Phi) is 5.18. The average molecular weight is 315 g/mol. The molecule has 0 spiro atoms. The summed E-state index contributed by atoms with van der Waals surface area (Å²) in [5.74, 6) is 3.11. The van der Waals surface area contributed by atoms with E-state index in [2.05, 4.69) is 15.3 Å². The third-order valence-electron chi connectivity index (χ3n) is 4.13. The van der Waals surface area contributed by atoms with E-state index >= 15 is 0 Å². The van der Waals surface area contributed by atoms with Gasteiger partial charge >= 0.3 is 0 Å². The second-order valence-electron chi connectivity index (χ2n) is 5.75. The second-order valence-corrected chi connectivity index (χ2v) is 5.75. The first-order chi connectivity index (χ1) is 11.3. The third-order valence-corrected chi connectivity index (χ3v) is 4.13. The number of H-pyrrole nitrogens is 1. The number of benzene rings is 1. The van der Waals surface area contributed by atoms with Gasteiger partial charge in [-0.05, 0) is 51.4 Å². The van der Waals surface area contributed by atoms with Crippen LogP contribution in [0.5, 0.6) is 11.5 Å². The maximum atomic E-state index is 5.71. The SMILES string of the molecule is CCOc1ccc(-c2cnc([C@H]3CCCNC3)[nH]2)cc1OCC. The highest BCUT2D eigenvalue weighted by Crippen LogP contribution is 2.33. The quantitative estimate of drug-likeness (QED) is 0.858. The summed E-state index contributed by atoms with van der Waals surface area (Å²) in [6.07, 6.45) is 4.31. The van der Waals surface area contributed by atoms with Crippen LogP contribution in [-0.2, 0) is 0 Å². The molecule has 1 aliphatic heterocycles. The van der Waals surface area contributed by atoms with E-state index in [1.54, 1.807) is 0 Å². The fourth-order valence-corrected chi connectivity index (χ4v) is 2.99. The van der Waals surface area contributed by atoms with Crippen molar-refractivity contribution in [2.75, 3.05) is 26.3 Å². The van der Waals surface area contributed by atoms with E-state index in [4.69, 9.17) is 9.47 Å². The lowest BCUT2D eigenvalue weighted by Crippen LogP contribution is -2.28. The number of hydrogen-bond donors (Lipinski definition) is 2. The summed E-state index contributed by atoms with van der Waals surface area (Å²) in [5.41, 5.74) is 2.09. The number of nitrogens with one attached hydrogen (secondary N) is 2. The Labute approximate surface area is 137 Å². The molecule has 0 bridgehead atoms. The molecule has 1 aromatic heterocycles. The summed E-state index contributed by atoms with van der Waals surface area (Å²) >= 11 is 0. The molecule has 0 radical (unpaired) electrons. The Morgan fingerprint density at radius 1 is 1.17 bits per heavy atom. The Morgan fingerprint density at radius 3 is 2.74 bits per heavy atom. The van der Waals surface area contributed by atoms with Gasteiger partial charge in [-0.2, -0.15) is 0 Å². The van der Waals surface area contributed by atoms with Crippen molar-refractivity contribution in [3.8, 4) is 22.8 Å². The molecule has 5 nitrogen and oxygen atoms in total. The smallest absolute Gasteiger partial charge is 0.161 e. The molecule has 0 aliphatic carbocycles. The van der Waals surface area contributed by atoms with Gasteiger partial charge in [-0.25, -0.2) is 4.98 Å². The molecule has 1 aliphatic rings. The largest absolute Gasteiger partial charge is 0.490 e. The lowest BCUT2D eigenvalue weighted by atomic mass is 9.99. The molecule has 23 heavy (non-hydrogen) atoms. The third kappa shape index (κ3) is 3.67. The zero-order chi connectivity index (χ0) is 16.1. The second kappa shape index (κ2) is 7.51. The standard InChI is InChI=1S/C18H25N3O2/c1-3-22-16-8-7-13(10-17(16)23-4-2)15-12-20-18(21-15)14-6-5-9-19-11-14/h7-8,10,12,14,19H,3-6,9,11H2,1-2H3,(H,20,21)/t14-/m0/s1. The fourth-order valence-electron chi connectivity index (χ4n) is 2.99. The number of imidazole rings is 1. The van der Waals surface area contributed by atoms with Crippen LogP contribution in [0.2, 0.25) is 0 Å². The van der Waals surface area contributed by atoms with Gasteiger partial charge in [0.15, 0.2) is 11.5 Å². The van der Waals surface area contributed by atoms with E-state index in [0.29, 0.717) is 19.1 Å². The van der Waals surface area contributed by atoms with Gasteiger partial charge in [0.25, 0.3) is 0 Å². The Hall–Kier alpha value is -2.01. The number of nitrogens with zero attached hydrogens (tertiary/aromatic N) is 1. The van der Waals surface area contributed by atoms with Crippen molar-refractivity contribution >= 4 is 0 Å². The summed E-state index contributed by atoms with van der Waals surface area (Å²) in [6.45, 7) is 7.31. The number of rotatable bonds is 6. The summed E-state index contributed by atoms with van der Waals surface area (Å²) in [5, 5.41) is 3.43. The average Bonchev–Trinajstić information content (AvgIpc) is 3.08. The maximum absolute atomic E-state index is 5.71. The number of aromatic amines is 1. The van der Waals surface area contributed by atoms with Crippen molar-refractivity contribution in [3.05, 3.63) is 30.2 Å². The van der Waals surface area contributed by atoms with E-state index < -0.39 is 0 Å². The highest BCUT2D eigenvalue weighted by molar-refractivity contribution is 5.63. The predicted molar refractivity (Wildman–Crippen MR) is 91.2 cm³/mol. The zero-order valence-electron chi connectivity index (χ0n) is 13.9. The van der Waals surface area contributed by atoms with E-state index in [-0.39, 0.29) is 0 Å². The summed E-state index contributed by atoms with van der Waals surface area (Å²) in [7, 11) is 0. The van der Waals surface area contributed by atoms with Crippen molar-refractivity contribution in [1.82, 2.24) is 15.3 Å². The van der Waals surface area contributed by atoms with Crippen molar-refractivity contribution in [2.45, 2.75) is 32.6 Å². The van der Waals surface area contributed by atoms with Crippen LogP contribution in [0.4, 0.5) is 0 Å². The van der Waals surface area contributed by atoms with Crippen LogP contribution in [0.15, 0.2) is 24.4 Å². The summed E-state index contributed by atoms with van der Waals surface area (Å²) in [4.78, 5) is 8.06. The molecular weight excluding hydrogens is 290 g/mol. The molecule has 2 aromatic rings. The first-order valence-corrected chi connectivity index (χ1v) is 8.47. The number of ether oxygens (including phenoxy) is 2. The number of piperidine rings is 1. The molecular formula is C18H25N3O2. The predicted octanol–water partition coefficient (Wildman–Crippen LogP) is 3.34. The lowest BCUT2D eigenvalue weighted by Gasteiger charge is -2.20. The van der Waals surface area contributed by atoms with Crippen LogP contribution in [0, 0.1) is 0 Å². The normalized spacial score (nSPS) is 17.9. The molecule has 0 saturated carbocycles. The van der Waals surface area contributed by atoms with Crippen LogP contribution < -0.4 is 14.8 Å². The van der Waals surface area contributed by atoms with E-state index in [9.17, 15) is 0 Å². The van der Waals surface area contributed by atoms with Gasteiger partial charge in [0, 0.05) is 18.0 Å². The van der Waals surface area contributed by atoms with Gasteiger partial charge in [-0.15, -0.1) is 0 Å². The van der Waals surface area contributed by atoms with Crippen LogP contribution in [0.3, 0.4) is 0 Å². The lowest BCUT2D eigenvalue weighted by molar-refractivity contribution is 0.288. The fraction of sp³-hybridized carbons (Fsp3) is 0.500. The molecule has 3 rings (SSSR count). The van der Waals surface area contributed by atoms with E-state index in [1.807, 2.05) is 38.2 Å². The molecule has 1 atom stereocenters. The molecule has 1 aromatic carbocycles. The van der Waals surface area contributed by atoms with Crippen LogP contribution in [0.1, 0.15) is 38.4 Å². The molecule has 0 amide bonds. The van der Waals surface area contributed by atoms with E-state index in [0.717, 1.165) is 41.7 Å². The zero-order valence-corrected chi connectivity index (χ0v) is 13.9. The summed E-state index contributed by atoms with van der Waals surface area (Å²) in [6, 6.07) is 6.03.